The predicted octanol–water partition coefficient (Wildman–Crippen LogP) is 5.76. The van der Waals surface area contributed by atoms with Gasteiger partial charge < -0.3 is 4.74 Å². The van der Waals surface area contributed by atoms with E-state index in [1.807, 2.05) is 24.6 Å². The Kier molecular flexibility index (Phi) is 5.88. The highest BCUT2D eigenvalue weighted by Crippen LogP contribution is 2.29. The molecule has 0 radical (unpaired) electrons. The van der Waals surface area contributed by atoms with Gasteiger partial charge in [-0.1, -0.05) is 24.2 Å². The van der Waals surface area contributed by atoms with Crippen LogP contribution in [0.1, 0.15) is 51.3 Å². The van der Waals surface area contributed by atoms with Crippen LogP contribution in [0, 0.1) is 5.92 Å². The second kappa shape index (κ2) is 7.46. The minimum atomic E-state index is -0.152. The highest BCUT2D eigenvalue weighted by atomic mass is 35.5. The number of ether oxygens (including phenoxy) is 1. The molecule has 0 bridgehead atoms. The Morgan fingerprint density at radius 1 is 1.29 bits per heavy atom. The molecule has 2 unspecified atom stereocenters. The largest absolute Gasteiger partial charge is 0.479 e. The average Bonchev–Trinajstić information content (AvgIpc) is 2.82. The summed E-state index contributed by atoms with van der Waals surface area (Å²) in [5, 5.41) is 1.20. The van der Waals surface area contributed by atoms with Crippen molar-refractivity contribution in [3.05, 3.63) is 23.2 Å². The number of alkyl halides is 1. The summed E-state index contributed by atoms with van der Waals surface area (Å²) in [6.45, 7) is 6.16. The lowest BCUT2D eigenvalue weighted by Gasteiger charge is -2.23. The van der Waals surface area contributed by atoms with Gasteiger partial charge in [-0.2, -0.15) is 0 Å². The molecule has 2 nitrogen and oxygen atoms in total. The second-order valence-corrected chi connectivity index (χ2v) is 8.09. The Morgan fingerprint density at radius 3 is 2.76 bits per heavy atom. The van der Waals surface area contributed by atoms with Crippen molar-refractivity contribution in [2.24, 2.45) is 10.9 Å². The molecule has 21 heavy (non-hydrogen) atoms. The fourth-order valence-electron chi connectivity index (χ4n) is 2.34. The van der Waals surface area contributed by atoms with Gasteiger partial charge in [-0.3, -0.25) is 4.99 Å². The van der Waals surface area contributed by atoms with Gasteiger partial charge in [0.15, 0.2) is 5.06 Å². The van der Waals surface area contributed by atoms with Crippen LogP contribution >= 0.6 is 22.9 Å². The van der Waals surface area contributed by atoms with Gasteiger partial charge in [-0.05, 0) is 51.8 Å². The summed E-state index contributed by atoms with van der Waals surface area (Å²) < 4.78 is 5.83. The van der Waals surface area contributed by atoms with Gasteiger partial charge in [0.25, 0.3) is 0 Å². The number of hydrogen-bond donors (Lipinski definition) is 0. The van der Waals surface area contributed by atoms with Crippen LogP contribution in [0.3, 0.4) is 0 Å². The molecule has 116 valence electrons. The number of halogens is 1. The van der Waals surface area contributed by atoms with Crippen molar-refractivity contribution < 1.29 is 4.74 Å². The van der Waals surface area contributed by atoms with Crippen LogP contribution in [0.2, 0.25) is 0 Å². The van der Waals surface area contributed by atoms with Crippen LogP contribution in [0.5, 0.6) is 5.06 Å². The van der Waals surface area contributed by atoms with Gasteiger partial charge in [-0.25, -0.2) is 0 Å². The van der Waals surface area contributed by atoms with Crippen molar-refractivity contribution in [3.8, 4) is 5.06 Å². The Bertz CT molecular complexity index is 501. The number of hydrogen-bond acceptors (Lipinski definition) is 3. The zero-order valence-corrected chi connectivity index (χ0v) is 14.6. The Morgan fingerprint density at radius 2 is 2.05 bits per heavy atom. The molecule has 1 aliphatic carbocycles. The number of nitrogens with zero attached hydrogens (tertiary/aromatic N) is 1. The molecule has 1 saturated carbocycles. The van der Waals surface area contributed by atoms with E-state index >= 15 is 0 Å². The van der Waals surface area contributed by atoms with E-state index in [0.29, 0.717) is 5.92 Å². The van der Waals surface area contributed by atoms with Crippen molar-refractivity contribution in [3.63, 3.8) is 0 Å². The molecule has 1 heterocycles. The highest BCUT2D eigenvalue weighted by Gasteiger charge is 2.20. The summed E-state index contributed by atoms with van der Waals surface area (Å²) in [4.78, 5) is 5.55. The van der Waals surface area contributed by atoms with Crippen LogP contribution in [-0.4, -0.2) is 17.2 Å². The minimum Gasteiger partial charge on any atom is -0.479 e. The quantitative estimate of drug-likeness (QED) is 0.509. The second-order valence-electron chi connectivity index (χ2n) is 6.45. The lowest BCUT2D eigenvalue weighted by molar-refractivity contribution is 0.136. The lowest BCUT2D eigenvalue weighted by atomic mass is 9.90. The molecular weight excluding hydrogens is 302 g/mol. The van der Waals surface area contributed by atoms with E-state index in [2.05, 4.69) is 31.8 Å². The van der Waals surface area contributed by atoms with Crippen LogP contribution in [0.15, 0.2) is 23.3 Å². The SMILES string of the molecule is CC(C)(C)Oc1ccc(/C=C\N=CC2CCCCC2Cl)s1. The monoisotopic (exact) mass is 325 g/mol. The first kappa shape index (κ1) is 16.6. The first-order chi connectivity index (χ1) is 9.94. The molecule has 0 N–H and O–H groups in total. The average molecular weight is 326 g/mol. The van der Waals surface area contributed by atoms with Gasteiger partial charge in [0.1, 0.15) is 5.60 Å². The Labute approximate surface area is 136 Å². The van der Waals surface area contributed by atoms with Gasteiger partial charge in [0.2, 0.25) is 0 Å². The summed E-state index contributed by atoms with van der Waals surface area (Å²) in [6.07, 6.45) is 10.7. The van der Waals surface area contributed by atoms with Crippen LogP contribution in [0.25, 0.3) is 6.08 Å². The summed E-state index contributed by atoms with van der Waals surface area (Å²) in [5.74, 6) is 0.424. The molecule has 1 aromatic heterocycles. The molecule has 4 heteroatoms. The Hall–Kier alpha value is -0.800. The third-order valence-corrected chi connectivity index (χ3v) is 4.81. The van der Waals surface area contributed by atoms with E-state index in [4.69, 9.17) is 16.3 Å². The summed E-state index contributed by atoms with van der Waals surface area (Å²) in [5.41, 5.74) is -0.152. The van der Waals surface area contributed by atoms with E-state index in [-0.39, 0.29) is 11.0 Å². The standard InChI is InChI=1S/C17H24ClNOS/c1-17(2,3)20-16-9-8-14(21-16)10-11-19-12-13-6-4-5-7-15(13)18/h8-13,15H,4-7H2,1-3H3/b11-10-,19-12?. The van der Waals surface area contributed by atoms with Gasteiger partial charge in [0, 0.05) is 28.6 Å². The van der Waals surface area contributed by atoms with E-state index in [1.165, 1.54) is 12.8 Å². The van der Waals surface area contributed by atoms with Gasteiger partial charge in [-0.15, -0.1) is 11.6 Å². The predicted molar refractivity (Wildman–Crippen MR) is 93.8 cm³/mol. The molecular formula is C17H24ClNOS. The summed E-state index contributed by atoms with van der Waals surface area (Å²) in [7, 11) is 0. The molecule has 1 aliphatic rings. The molecule has 0 spiro atoms. The van der Waals surface area contributed by atoms with Crippen molar-refractivity contribution in [1.29, 1.82) is 0 Å². The fraction of sp³-hybridized carbons (Fsp3) is 0.588. The van der Waals surface area contributed by atoms with Crippen LogP contribution < -0.4 is 4.74 Å². The zero-order valence-electron chi connectivity index (χ0n) is 13.0. The molecule has 2 rings (SSSR count). The zero-order chi connectivity index (χ0) is 15.3. The molecule has 0 aromatic carbocycles. The third-order valence-electron chi connectivity index (χ3n) is 3.34. The number of aliphatic imine (C=N–C) groups is 1. The van der Waals surface area contributed by atoms with Crippen LogP contribution in [0.4, 0.5) is 0 Å². The van der Waals surface area contributed by atoms with Crippen molar-refractivity contribution in [2.45, 2.75) is 57.4 Å². The van der Waals surface area contributed by atoms with E-state index < -0.39 is 0 Å². The molecule has 1 fully saturated rings. The number of thiophene rings is 1. The maximum absolute atomic E-state index is 6.31. The smallest absolute Gasteiger partial charge is 0.175 e. The van der Waals surface area contributed by atoms with E-state index in [1.54, 1.807) is 11.3 Å². The third kappa shape index (κ3) is 5.84. The number of rotatable bonds is 4. The van der Waals surface area contributed by atoms with Crippen molar-refractivity contribution in [1.82, 2.24) is 0 Å². The molecule has 1 aromatic rings. The van der Waals surface area contributed by atoms with Gasteiger partial charge >= 0.3 is 0 Å². The molecule has 0 aliphatic heterocycles. The van der Waals surface area contributed by atoms with Gasteiger partial charge in [0.05, 0.1) is 0 Å². The molecule has 0 saturated heterocycles. The topological polar surface area (TPSA) is 21.6 Å². The van der Waals surface area contributed by atoms with E-state index in [0.717, 1.165) is 22.8 Å². The summed E-state index contributed by atoms with van der Waals surface area (Å²) >= 11 is 7.95. The molecule has 2 atom stereocenters. The first-order valence-corrected chi connectivity index (χ1v) is 8.82. The Balaban J connectivity index is 1.86. The maximum atomic E-state index is 6.31. The van der Waals surface area contributed by atoms with Crippen molar-refractivity contribution in [2.75, 3.05) is 0 Å². The minimum absolute atomic E-state index is 0.152. The lowest BCUT2D eigenvalue weighted by Crippen LogP contribution is -2.22. The fourth-order valence-corrected chi connectivity index (χ4v) is 3.61. The summed E-state index contributed by atoms with van der Waals surface area (Å²) in [6, 6.07) is 4.07. The van der Waals surface area contributed by atoms with Crippen molar-refractivity contribution >= 4 is 35.2 Å². The normalized spacial score (nSPS) is 24.0. The molecule has 0 amide bonds. The maximum Gasteiger partial charge on any atom is 0.175 e. The van der Waals surface area contributed by atoms with Crippen LogP contribution in [-0.2, 0) is 0 Å². The highest BCUT2D eigenvalue weighted by molar-refractivity contribution is 7.14. The first-order valence-electron chi connectivity index (χ1n) is 7.57. The van der Waals surface area contributed by atoms with E-state index in [9.17, 15) is 0 Å².